The highest BCUT2D eigenvalue weighted by molar-refractivity contribution is 5.97. The molecule has 1 aliphatic carbocycles. The second-order valence-corrected chi connectivity index (χ2v) is 4.54. The van der Waals surface area contributed by atoms with Gasteiger partial charge in [0.2, 0.25) is 0 Å². The molecule has 2 saturated heterocycles. The molecule has 0 spiro atoms. The van der Waals surface area contributed by atoms with Crippen LogP contribution in [0.5, 0.6) is 0 Å². The van der Waals surface area contributed by atoms with Crippen molar-refractivity contribution >= 4 is 11.9 Å². The third-order valence-corrected chi connectivity index (χ3v) is 3.84. The van der Waals surface area contributed by atoms with Gasteiger partial charge in [-0.1, -0.05) is 6.92 Å². The van der Waals surface area contributed by atoms with E-state index in [-0.39, 0.29) is 24.0 Å². The monoisotopic (exact) mass is 196 g/mol. The molecule has 0 aromatic heterocycles. The topological polar surface area (TPSA) is 52.6 Å². The lowest BCUT2D eigenvalue weighted by atomic mass is 9.81. The molecule has 14 heavy (non-hydrogen) atoms. The highest BCUT2D eigenvalue weighted by Crippen LogP contribution is 2.49. The molecule has 5 atom stereocenters. The van der Waals surface area contributed by atoms with E-state index >= 15 is 0 Å². The van der Waals surface area contributed by atoms with Gasteiger partial charge in [-0.05, 0) is 12.3 Å². The summed E-state index contributed by atoms with van der Waals surface area (Å²) < 4.78 is 10.2. The Labute approximate surface area is 81.6 Å². The zero-order valence-electron chi connectivity index (χ0n) is 7.93. The van der Waals surface area contributed by atoms with Gasteiger partial charge in [0.05, 0.1) is 6.61 Å². The van der Waals surface area contributed by atoms with E-state index in [0.717, 1.165) is 6.42 Å². The lowest BCUT2D eigenvalue weighted by molar-refractivity contribution is -0.164. The Balaban J connectivity index is 1.99. The van der Waals surface area contributed by atoms with Crippen LogP contribution < -0.4 is 0 Å². The van der Waals surface area contributed by atoms with Gasteiger partial charge in [-0.25, -0.2) is 0 Å². The number of carbonyl (C=O) groups excluding carboxylic acids is 2. The maximum Gasteiger partial charge on any atom is 0.321 e. The summed E-state index contributed by atoms with van der Waals surface area (Å²) in [6, 6.07) is 0. The van der Waals surface area contributed by atoms with Gasteiger partial charge in [-0.3, -0.25) is 9.59 Å². The first kappa shape index (κ1) is 8.26. The lowest BCUT2D eigenvalue weighted by Gasteiger charge is -2.28. The summed E-state index contributed by atoms with van der Waals surface area (Å²) in [6.07, 6.45) is 0.856. The van der Waals surface area contributed by atoms with Gasteiger partial charge in [-0.2, -0.15) is 0 Å². The predicted octanol–water partition coefficient (Wildman–Crippen LogP) is 0.357. The molecule has 2 aliphatic heterocycles. The van der Waals surface area contributed by atoms with E-state index < -0.39 is 5.92 Å². The summed E-state index contributed by atoms with van der Waals surface area (Å²) in [6.45, 7) is 2.60. The summed E-state index contributed by atoms with van der Waals surface area (Å²) >= 11 is 0. The minimum absolute atomic E-state index is 0.0275. The third kappa shape index (κ3) is 0.837. The van der Waals surface area contributed by atoms with E-state index in [4.69, 9.17) is 9.47 Å². The van der Waals surface area contributed by atoms with Crippen molar-refractivity contribution in [1.82, 2.24) is 0 Å². The molecule has 4 heteroatoms. The summed E-state index contributed by atoms with van der Waals surface area (Å²) in [4.78, 5) is 22.8. The Kier molecular flexibility index (Phi) is 1.47. The highest BCUT2D eigenvalue weighted by atomic mass is 16.6. The van der Waals surface area contributed by atoms with Crippen LogP contribution in [0.2, 0.25) is 0 Å². The van der Waals surface area contributed by atoms with Crippen LogP contribution in [-0.2, 0) is 19.1 Å². The summed E-state index contributed by atoms with van der Waals surface area (Å²) in [5.41, 5.74) is 0. The molecule has 0 bridgehead atoms. The van der Waals surface area contributed by atoms with E-state index in [9.17, 15) is 9.59 Å². The van der Waals surface area contributed by atoms with Gasteiger partial charge in [0.25, 0.3) is 0 Å². The fourth-order valence-electron chi connectivity index (χ4n) is 3.12. The Morgan fingerprint density at radius 1 is 1.29 bits per heavy atom. The number of hydrogen-bond donors (Lipinski definition) is 0. The Hall–Kier alpha value is -1.06. The molecule has 2 heterocycles. The largest absolute Gasteiger partial charge is 0.465 e. The number of ether oxygens (including phenoxy) is 2. The number of hydrogen-bond acceptors (Lipinski definition) is 4. The second kappa shape index (κ2) is 2.49. The Morgan fingerprint density at radius 2 is 2.07 bits per heavy atom. The van der Waals surface area contributed by atoms with Crippen LogP contribution in [0.3, 0.4) is 0 Å². The first-order chi connectivity index (χ1) is 6.68. The van der Waals surface area contributed by atoms with Gasteiger partial charge in [0, 0.05) is 11.8 Å². The summed E-state index contributed by atoms with van der Waals surface area (Å²) in [5.74, 6) is -0.459. The lowest BCUT2D eigenvalue weighted by Crippen LogP contribution is -2.40. The van der Waals surface area contributed by atoms with Crippen molar-refractivity contribution in [2.45, 2.75) is 19.4 Å². The summed E-state index contributed by atoms with van der Waals surface area (Å²) in [7, 11) is 0. The molecule has 0 N–H and O–H groups in total. The van der Waals surface area contributed by atoms with Crippen LogP contribution in [-0.4, -0.2) is 24.6 Å². The molecule has 1 saturated carbocycles. The molecule has 3 aliphatic rings. The first-order valence-corrected chi connectivity index (χ1v) is 5.05. The zero-order valence-corrected chi connectivity index (χ0v) is 7.93. The van der Waals surface area contributed by atoms with E-state index in [1.807, 2.05) is 0 Å². The van der Waals surface area contributed by atoms with E-state index in [1.165, 1.54) is 0 Å². The molecule has 0 aromatic carbocycles. The van der Waals surface area contributed by atoms with Crippen LogP contribution in [0.15, 0.2) is 0 Å². The average molecular weight is 196 g/mol. The second-order valence-electron chi connectivity index (χ2n) is 4.54. The fraction of sp³-hybridized carbons (Fsp3) is 0.800. The third-order valence-electron chi connectivity index (χ3n) is 3.84. The predicted molar refractivity (Wildman–Crippen MR) is 45.1 cm³/mol. The van der Waals surface area contributed by atoms with Crippen LogP contribution >= 0.6 is 0 Å². The van der Waals surface area contributed by atoms with Crippen molar-refractivity contribution in [3.63, 3.8) is 0 Å². The van der Waals surface area contributed by atoms with Crippen molar-refractivity contribution in [3.05, 3.63) is 0 Å². The number of rotatable bonds is 0. The van der Waals surface area contributed by atoms with Gasteiger partial charge in [0.15, 0.2) is 5.92 Å². The molecule has 76 valence electrons. The SMILES string of the molecule is C[C@H]1C[C@@H]2OC(=O)[C@@H]3C(=O)OC[C@H]1[C@@H]32. The molecule has 0 unspecified atom stereocenters. The Bertz CT molecular complexity index is 303. The number of cyclic esters (lactones) is 1. The van der Waals surface area contributed by atoms with Crippen LogP contribution in [0.25, 0.3) is 0 Å². The minimum Gasteiger partial charge on any atom is -0.465 e. The molecule has 3 rings (SSSR count). The smallest absolute Gasteiger partial charge is 0.321 e. The molecule has 0 aromatic rings. The maximum absolute atomic E-state index is 11.4. The molecular weight excluding hydrogens is 184 g/mol. The fourth-order valence-corrected chi connectivity index (χ4v) is 3.12. The molecule has 0 amide bonds. The normalized spacial score (nSPS) is 49.9. The van der Waals surface area contributed by atoms with Crippen molar-refractivity contribution < 1.29 is 19.1 Å². The molecule has 3 fully saturated rings. The van der Waals surface area contributed by atoms with E-state index in [1.54, 1.807) is 0 Å². The van der Waals surface area contributed by atoms with Crippen LogP contribution in [0.4, 0.5) is 0 Å². The van der Waals surface area contributed by atoms with Gasteiger partial charge < -0.3 is 9.47 Å². The minimum atomic E-state index is -0.622. The van der Waals surface area contributed by atoms with Crippen molar-refractivity contribution in [1.29, 1.82) is 0 Å². The zero-order chi connectivity index (χ0) is 9.87. The van der Waals surface area contributed by atoms with Crippen molar-refractivity contribution in [2.24, 2.45) is 23.7 Å². The quantitative estimate of drug-likeness (QED) is 0.414. The molecule has 4 nitrogen and oxygen atoms in total. The molecule has 0 radical (unpaired) electrons. The van der Waals surface area contributed by atoms with Gasteiger partial charge >= 0.3 is 11.9 Å². The Morgan fingerprint density at radius 3 is 2.86 bits per heavy atom. The summed E-state index contributed by atoms with van der Waals surface area (Å²) in [5, 5.41) is 0. The van der Waals surface area contributed by atoms with Crippen molar-refractivity contribution in [2.75, 3.05) is 6.61 Å². The standard InChI is InChI=1S/C10H12O4/c1-4-2-6-7-5(4)3-13-9(11)8(7)10(12)14-6/h4-8H,2-3H2,1H3/t4-,5+,6-,7+,8-/m0/s1. The molecular formula is C10H12O4. The van der Waals surface area contributed by atoms with Gasteiger partial charge in [-0.15, -0.1) is 0 Å². The number of esters is 2. The van der Waals surface area contributed by atoms with Crippen molar-refractivity contribution in [3.8, 4) is 0 Å². The highest BCUT2D eigenvalue weighted by Gasteiger charge is 2.60. The maximum atomic E-state index is 11.4. The van der Waals surface area contributed by atoms with Crippen LogP contribution in [0, 0.1) is 23.7 Å². The van der Waals surface area contributed by atoms with E-state index in [2.05, 4.69) is 6.92 Å². The van der Waals surface area contributed by atoms with Gasteiger partial charge in [0.1, 0.15) is 6.10 Å². The first-order valence-electron chi connectivity index (χ1n) is 5.05. The van der Waals surface area contributed by atoms with E-state index in [0.29, 0.717) is 18.4 Å². The average Bonchev–Trinajstić information content (AvgIpc) is 2.58. The number of carbonyl (C=O) groups is 2. The van der Waals surface area contributed by atoms with Crippen LogP contribution in [0.1, 0.15) is 13.3 Å².